The Kier molecular flexibility index (Phi) is 4.22. The maximum absolute atomic E-state index is 13.8. The largest absolute Gasteiger partial charge is 0.490 e. The summed E-state index contributed by atoms with van der Waals surface area (Å²) >= 11 is 0. The number of ether oxygens (including phenoxy) is 2. The minimum Gasteiger partial charge on any atom is -0.490 e. The zero-order chi connectivity index (χ0) is 14.9. The van der Waals surface area contributed by atoms with Crippen molar-refractivity contribution in [2.45, 2.75) is 50.3 Å². The van der Waals surface area contributed by atoms with Crippen LogP contribution < -0.4 is 10.5 Å². The molecule has 2 aliphatic rings. The molecule has 2 atom stereocenters. The van der Waals surface area contributed by atoms with Gasteiger partial charge in [0.2, 0.25) is 0 Å². The van der Waals surface area contributed by atoms with Crippen LogP contribution in [0, 0.1) is 11.7 Å². The van der Waals surface area contributed by atoms with E-state index in [1.54, 1.807) is 12.1 Å². The molecular formula is C16H21BFNO2. The number of rotatable bonds is 4. The third kappa shape index (κ3) is 3.58. The summed E-state index contributed by atoms with van der Waals surface area (Å²) in [6.45, 7) is 0.587. The molecule has 0 amide bonds. The first-order valence-corrected chi connectivity index (χ1v) is 7.71. The maximum Gasteiger partial charge on any atom is 0.165 e. The first-order valence-electron chi connectivity index (χ1n) is 7.71. The number of benzene rings is 1. The van der Waals surface area contributed by atoms with Crippen molar-refractivity contribution in [3.63, 3.8) is 0 Å². The van der Waals surface area contributed by atoms with E-state index in [0.29, 0.717) is 24.7 Å². The topological polar surface area (TPSA) is 44.5 Å². The predicted molar refractivity (Wildman–Crippen MR) is 79.6 cm³/mol. The third-order valence-corrected chi connectivity index (χ3v) is 4.39. The first kappa shape index (κ1) is 14.9. The smallest absolute Gasteiger partial charge is 0.165 e. The highest BCUT2D eigenvalue weighted by molar-refractivity contribution is 6.14. The van der Waals surface area contributed by atoms with E-state index in [4.69, 9.17) is 23.1 Å². The minimum absolute atomic E-state index is 0.169. The van der Waals surface area contributed by atoms with Gasteiger partial charge in [0.05, 0.1) is 18.3 Å². The lowest BCUT2D eigenvalue weighted by atomic mass is 9.79. The lowest BCUT2D eigenvalue weighted by Gasteiger charge is -2.43. The zero-order valence-corrected chi connectivity index (χ0v) is 12.2. The van der Waals surface area contributed by atoms with E-state index in [1.807, 2.05) is 0 Å². The third-order valence-electron chi connectivity index (χ3n) is 4.39. The van der Waals surface area contributed by atoms with Gasteiger partial charge < -0.3 is 15.2 Å². The molecule has 0 aromatic heterocycles. The first-order chi connectivity index (χ1) is 10.0. The summed E-state index contributed by atoms with van der Waals surface area (Å²) in [5, 5.41) is 0. The average molecular weight is 289 g/mol. The van der Waals surface area contributed by atoms with Crippen LogP contribution in [0.5, 0.6) is 5.75 Å². The van der Waals surface area contributed by atoms with Gasteiger partial charge in [-0.2, -0.15) is 0 Å². The van der Waals surface area contributed by atoms with Gasteiger partial charge in [-0.3, -0.25) is 0 Å². The maximum atomic E-state index is 13.8. The summed E-state index contributed by atoms with van der Waals surface area (Å²) in [4.78, 5) is 0. The van der Waals surface area contributed by atoms with E-state index in [1.165, 1.54) is 38.2 Å². The monoisotopic (exact) mass is 289 g/mol. The van der Waals surface area contributed by atoms with Gasteiger partial charge in [-0.05, 0) is 36.5 Å². The Morgan fingerprint density at radius 2 is 2.05 bits per heavy atom. The van der Waals surface area contributed by atoms with Crippen molar-refractivity contribution < 1.29 is 13.9 Å². The molecule has 21 heavy (non-hydrogen) atoms. The molecule has 3 nitrogen and oxygen atoms in total. The van der Waals surface area contributed by atoms with Gasteiger partial charge in [0.15, 0.2) is 11.6 Å². The number of hydrogen-bond donors (Lipinski definition) is 1. The zero-order valence-electron chi connectivity index (χ0n) is 12.2. The highest BCUT2D eigenvalue weighted by Gasteiger charge is 2.38. The quantitative estimate of drug-likeness (QED) is 0.866. The Morgan fingerprint density at radius 3 is 2.71 bits per heavy atom. The van der Waals surface area contributed by atoms with Crippen LogP contribution >= 0.6 is 0 Å². The summed E-state index contributed by atoms with van der Waals surface area (Å²) in [7, 11) is 5.62. The fourth-order valence-electron chi connectivity index (χ4n) is 3.12. The summed E-state index contributed by atoms with van der Waals surface area (Å²) in [6, 6.07) is 4.82. The van der Waals surface area contributed by atoms with Crippen molar-refractivity contribution in [3.8, 4) is 5.75 Å². The van der Waals surface area contributed by atoms with Crippen molar-refractivity contribution in [1.29, 1.82) is 0 Å². The van der Waals surface area contributed by atoms with Gasteiger partial charge in [-0.25, -0.2) is 4.39 Å². The SMILES string of the molecule is [B]C1(N)CC(c2ccc(F)c(OCC3CCCCC3)c2)O1. The number of nitrogens with two attached hydrogens (primary N) is 1. The molecule has 1 aromatic carbocycles. The van der Waals surface area contributed by atoms with E-state index in [0.717, 1.165) is 5.56 Å². The van der Waals surface area contributed by atoms with Crippen LogP contribution in [0.15, 0.2) is 18.2 Å². The van der Waals surface area contributed by atoms with Gasteiger partial charge >= 0.3 is 0 Å². The molecule has 0 spiro atoms. The van der Waals surface area contributed by atoms with Crippen LogP contribution in [-0.4, -0.2) is 20.1 Å². The lowest BCUT2D eigenvalue weighted by molar-refractivity contribution is -0.154. The van der Waals surface area contributed by atoms with Crippen LogP contribution in [0.1, 0.15) is 50.2 Å². The highest BCUT2D eigenvalue weighted by atomic mass is 19.1. The van der Waals surface area contributed by atoms with Gasteiger partial charge in [0.25, 0.3) is 0 Å². The summed E-state index contributed by atoms with van der Waals surface area (Å²) in [5.74, 6) is 0.511. The Morgan fingerprint density at radius 1 is 1.33 bits per heavy atom. The van der Waals surface area contributed by atoms with E-state index in [9.17, 15) is 4.39 Å². The second-order valence-electron chi connectivity index (χ2n) is 6.27. The van der Waals surface area contributed by atoms with Crippen molar-refractivity contribution >= 4 is 7.85 Å². The normalized spacial score (nSPS) is 29.9. The predicted octanol–water partition coefficient (Wildman–Crippen LogP) is 3.03. The van der Waals surface area contributed by atoms with Crippen molar-refractivity contribution in [1.82, 2.24) is 0 Å². The second-order valence-corrected chi connectivity index (χ2v) is 6.27. The van der Waals surface area contributed by atoms with Crippen LogP contribution in [0.4, 0.5) is 4.39 Å². The molecule has 2 radical (unpaired) electrons. The molecule has 1 aromatic rings. The summed E-state index contributed by atoms with van der Waals surface area (Å²) in [6.07, 6.45) is 6.52. The van der Waals surface area contributed by atoms with Gasteiger partial charge in [0, 0.05) is 6.42 Å². The summed E-state index contributed by atoms with van der Waals surface area (Å²) in [5.41, 5.74) is 5.43. The fourth-order valence-corrected chi connectivity index (χ4v) is 3.12. The van der Waals surface area contributed by atoms with Gasteiger partial charge in [-0.15, -0.1) is 0 Å². The van der Waals surface area contributed by atoms with Crippen molar-refractivity contribution in [2.75, 3.05) is 6.61 Å². The van der Waals surface area contributed by atoms with E-state index in [2.05, 4.69) is 0 Å². The van der Waals surface area contributed by atoms with Crippen molar-refractivity contribution in [3.05, 3.63) is 29.6 Å². The number of hydrogen-bond acceptors (Lipinski definition) is 3. The molecule has 0 bridgehead atoms. The molecule has 112 valence electrons. The Bertz CT molecular complexity index is 495. The Hall–Kier alpha value is -1.07. The Balaban J connectivity index is 1.61. The van der Waals surface area contributed by atoms with Crippen LogP contribution in [0.25, 0.3) is 0 Å². The average Bonchev–Trinajstić information content (AvgIpc) is 2.45. The molecular weight excluding hydrogens is 268 g/mol. The van der Waals surface area contributed by atoms with E-state index >= 15 is 0 Å². The molecule has 1 aliphatic heterocycles. The second kappa shape index (κ2) is 5.97. The molecule has 3 rings (SSSR count). The van der Waals surface area contributed by atoms with Gasteiger partial charge in [0.1, 0.15) is 7.85 Å². The molecule has 5 heteroatoms. The van der Waals surface area contributed by atoms with Crippen LogP contribution in [0.3, 0.4) is 0 Å². The van der Waals surface area contributed by atoms with E-state index in [-0.39, 0.29) is 11.9 Å². The Labute approximate surface area is 126 Å². The van der Waals surface area contributed by atoms with Crippen LogP contribution in [0.2, 0.25) is 0 Å². The molecule has 2 fully saturated rings. The van der Waals surface area contributed by atoms with Crippen molar-refractivity contribution in [2.24, 2.45) is 11.7 Å². The molecule has 1 heterocycles. The molecule has 2 unspecified atom stereocenters. The number of halogens is 1. The molecule has 1 saturated carbocycles. The lowest BCUT2D eigenvalue weighted by Crippen LogP contribution is -2.54. The minimum atomic E-state index is -1.05. The standard InChI is InChI=1S/C16H21BFNO2/c17-16(19)9-15(21-16)12-6-7-13(18)14(8-12)20-10-11-4-2-1-3-5-11/h6-8,11,15H,1-5,9-10,19H2. The fraction of sp³-hybridized carbons (Fsp3) is 0.625. The van der Waals surface area contributed by atoms with E-state index < -0.39 is 5.62 Å². The molecule has 1 saturated heterocycles. The molecule has 2 N–H and O–H groups in total. The molecule has 1 aliphatic carbocycles. The summed E-state index contributed by atoms with van der Waals surface area (Å²) < 4.78 is 24.9. The van der Waals surface area contributed by atoms with Gasteiger partial charge in [-0.1, -0.05) is 25.3 Å². The highest BCUT2D eigenvalue weighted by Crippen LogP contribution is 2.39. The van der Waals surface area contributed by atoms with Crippen LogP contribution in [-0.2, 0) is 4.74 Å².